The number of benzene rings is 2. The first kappa shape index (κ1) is 16.5. The average Bonchev–Trinajstić information content (AvgIpc) is 3.32. The second-order valence-corrected chi connectivity index (χ2v) is 6.93. The van der Waals surface area contributed by atoms with E-state index < -0.39 is 0 Å². The number of nitrogens with zero attached hydrogens (tertiary/aromatic N) is 4. The zero-order chi connectivity index (χ0) is 19.1. The Hall–Kier alpha value is -3.67. The van der Waals surface area contributed by atoms with Crippen molar-refractivity contribution in [1.29, 1.82) is 0 Å². The number of carbonyl (C=O) groups is 1. The van der Waals surface area contributed by atoms with E-state index in [4.69, 9.17) is 5.10 Å². The molecule has 4 aromatic rings. The highest BCUT2D eigenvalue weighted by Gasteiger charge is 2.36. The highest BCUT2D eigenvalue weighted by molar-refractivity contribution is 5.96. The molecular weight excluding hydrogens is 350 g/mol. The minimum absolute atomic E-state index is 0.0304. The molecule has 1 aliphatic heterocycles. The lowest BCUT2D eigenvalue weighted by Crippen LogP contribution is -2.26. The lowest BCUT2D eigenvalue weighted by Gasteiger charge is -2.24. The highest BCUT2D eigenvalue weighted by atomic mass is 16.1. The van der Waals surface area contributed by atoms with Gasteiger partial charge in [0.15, 0.2) is 0 Å². The molecule has 0 spiro atoms. The molecule has 28 heavy (non-hydrogen) atoms. The molecule has 5 rings (SSSR count). The Bertz CT molecular complexity index is 1140. The maximum atomic E-state index is 12.6. The van der Waals surface area contributed by atoms with Crippen LogP contribution in [0.5, 0.6) is 0 Å². The van der Waals surface area contributed by atoms with Crippen LogP contribution in [-0.4, -0.2) is 25.2 Å². The fourth-order valence-electron chi connectivity index (χ4n) is 3.85. The van der Waals surface area contributed by atoms with Gasteiger partial charge in [0.05, 0.1) is 17.3 Å². The molecule has 0 bridgehead atoms. The summed E-state index contributed by atoms with van der Waals surface area (Å²) in [5, 5.41) is 7.97. The molecule has 0 saturated heterocycles. The second-order valence-electron chi connectivity index (χ2n) is 6.93. The smallest absolute Gasteiger partial charge is 0.226 e. The Labute approximate surface area is 162 Å². The molecule has 6 heteroatoms. The normalized spacial score (nSPS) is 15.9. The van der Waals surface area contributed by atoms with Gasteiger partial charge in [-0.05, 0) is 12.1 Å². The van der Waals surface area contributed by atoms with Crippen molar-refractivity contribution in [1.82, 2.24) is 19.3 Å². The molecule has 2 aromatic heterocycles. The number of imidazole rings is 1. The van der Waals surface area contributed by atoms with Crippen molar-refractivity contribution in [2.24, 2.45) is 7.05 Å². The van der Waals surface area contributed by atoms with Gasteiger partial charge in [-0.1, -0.05) is 48.5 Å². The molecule has 0 saturated carbocycles. The second kappa shape index (κ2) is 6.49. The topological polar surface area (TPSA) is 64.7 Å². The van der Waals surface area contributed by atoms with Crippen molar-refractivity contribution in [3.05, 3.63) is 84.4 Å². The van der Waals surface area contributed by atoms with Crippen molar-refractivity contribution < 1.29 is 4.79 Å². The summed E-state index contributed by atoms with van der Waals surface area (Å²) in [6.45, 7) is 0. The Kier molecular flexibility index (Phi) is 3.83. The van der Waals surface area contributed by atoms with Crippen LogP contribution in [0.4, 0.5) is 5.82 Å². The SMILES string of the molecule is Cn1ccnc1C1CC(=O)Nc2c1c(-c1ccccc1)nn2-c1ccccc1. The molecule has 138 valence electrons. The average molecular weight is 369 g/mol. The number of hydrogen-bond donors (Lipinski definition) is 1. The highest BCUT2D eigenvalue weighted by Crippen LogP contribution is 2.43. The van der Waals surface area contributed by atoms with Crippen LogP contribution >= 0.6 is 0 Å². The molecule has 1 aliphatic rings. The number of hydrogen-bond acceptors (Lipinski definition) is 3. The van der Waals surface area contributed by atoms with Gasteiger partial charge in [0, 0.05) is 37.0 Å². The summed E-state index contributed by atoms with van der Waals surface area (Å²) >= 11 is 0. The van der Waals surface area contributed by atoms with Crippen LogP contribution < -0.4 is 5.32 Å². The van der Waals surface area contributed by atoms with Gasteiger partial charge in [0.1, 0.15) is 11.6 Å². The summed E-state index contributed by atoms with van der Waals surface area (Å²) < 4.78 is 3.80. The third kappa shape index (κ3) is 2.62. The van der Waals surface area contributed by atoms with E-state index in [9.17, 15) is 4.79 Å². The van der Waals surface area contributed by atoms with E-state index in [0.29, 0.717) is 12.2 Å². The van der Waals surface area contributed by atoms with Crippen molar-refractivity contribution in [3.63, 3.8) is 0 Å². The maximum absolute atomic E-state index is 12.6. The largest absolute Gasteiger partial charge is 0.337 e. The number of nitrogens with one attached hydrogen (secondary N) is 1. The Balaban J connectivity index is 1.79. The summed E-state index contributed by atoms with van der Waals surface area (Å²) in [5.41, 5.74) is 3.79. The van der Waals surface area contributed by atoms with Gasteiger partial charge in [-0.3, -0.25) is 4.79 Å². The molecule has 1 N–H and O–H groups in total. The number of amides is 1. The number of aryl methyl sites for hydroxylation is 1. The number of para-hydroxylation sites is 1. The van der Waals surface area contributed by atoms with Crippen molar-refractivity contribution in [3.8, 4) is 16.9 Å². The van der Waals surface area contributed by atoms with Crippen molar-refractivity contribution in [2.45, 2.75) is 12.3 Å². The molecule has 1 amide bonds. The van der Waals surface area contributed by atoms with Crippen LogP contribution in [0.2, 0.25) is 0 Å². The molecule has 2 aromatic carbocycles. The minimum atomic E-state index is -0.156. The summed E-state index contributed by atoms with van der Waals surface area (Å²) in [4.78, 5) is 17.1. The Morgan fingerprint density at radius 2 is 1.75 bits per heavy atom. The van der Waals surface area contributed by atoms with E-state index in [2.05, 4.69) is 10.3 Å². The van der Waals surface area contributed by atoms with Gasteiger partial charge < -0.3 is 9.88 Å². The summed E-state index contributed by atoms with van der Waals surface area (Å²) in [6.07, 6.45) is 4.02. The van der Waals surface area contributed by atoms with Gasteiger partial charge in [-0.2, -0.15) is 5.10 Å². The Morgan fingerprint density at radius 3 is 2.43 bits per heavy atom. The summed E-state index contributed by atoms with van der Waals surface area (Å²) in [6, 6.07) is 19.9. The summed E-state index contributed by atoms with van der Waals surface area (Å²) in [5.74, 6) is 1.39. The standard InChI is InChI=1S/C22H19N5O/c1-26-13-12-23-21(26)17-14-18(28)24-22-19(17)20(15-8-4-2-5-9-15)25-27(22)16-10-6-3-7-11-16/h2-13,17H,14H2,1H3,(H,24,28). The van der Waals surface area contributed by atoms with Crippen LogP contribution in [0, 0.1) is 0 Å². The first-order valence-corrected chi connectivity index (χ1v) is 9.23. The predicted octanol–water partition coefficient (Wildman–Crippen LogP) is 3.75. The first-order chi connectivity index (χ1) is 13.7. The van der Waals surface area contributed by atoms with Gasteiger partial charge in [0.2, 0.25) is 5.91 Å². The fourth-order valence-corrected chi connectivity index (χ4v) is 3.85. The first-order valence-electron chi connectivity index (χ1n) is 9.23. The molecule has 0 fully saturated rings. The maximum Gasteiger partial charge on any atom is 0.226 e. The quantitative estimate of drug-likeness (QED) is 0.598. The van der Waals surface area contributed by atoms with Crippen LogP contribution in [0.3, 0.4) is 0 Å². The van der Waals surface area contributed by atoms with E-state index in [-0.39, 0.29) is 11.8 Å². The molecule has 0 aliphatic carbocycles. The molecule has 1 unspecified atom stereocenters. The molecule has 3 heterocycles. The van der Waals surface area contributed by atoms with Gasteiger partial charge in [-0.15, -0.1) is 0 Å². The third-order valence-electron chi connectivity index (χ3n) is 5.14. The predicted molar refractivity (Wildman–Crippen MR) is 107 cm³/mol. The van der Waals surface area contributed by atoms with E-state index in [1.54, 1.807) is 6.20 Å². The van der Waals surface area contributed by atoms with E-state index in [1.807, 2.05) is 83.2 Å². The monoisotopic (exact) mass is 369 g/mol. The van der Waals surface area contributed by atoms with Crippen molar-refractivity contribution in [2.75, 3.05) is 5.32 Å². The third-order valence-corrected chi connectivity index (χ3v) is 5.14. The number of carbonyl (C=O) groups excluding carboxylic acids is 1. The van der Waals surface area contributed by atoms with E-state index in [1.165, 1.54) is 0 Å². The van der Waals surface area contributed by atoms with Crippen LogP contribution in [0.1, 0.15) is 23.7 Å². The van der Waals surface area contributed by atoms with E-state index in [0.717, 1.165) is 28.3 Å². The lowest BCUT2D eigenvalue weighted by molar-refractivity contribution is -0.116. The lowest BCUT2D eigenvalue weighted by atomic mass is 9.89. The fraction of sp³-hybridized carbons (Fsp3) is 0.136. The zero-order valence-electron chi connectivity index (χ0n) is 15.4. The zero-order valence-corrected chi connectivity index (χ0v) is 15.4. The van der Waals surface area contributed by atoms with Gasteiger partial charge in [0.25, 0.3) is 0 Å². The molecule has 6 nitrogen and oxygen atoms in total. The van der Waals surface area contributed by atoms with Crippen LogP contribution in [-0.2, 0) is 11.8 Å². The molecular formula is C22H19N5O. The number of rotatable bonds is 3. The summed E-state index contributed by atoms with van der Waals surface area (Å²) in [7, 11) is 1.96. The van der Waals surface area contributed by atoms with Crippen LogP contribution in [0.15, 0.2) is 73.1 Å². The van der Waals surface area contributed by atoms with Gasteiger partial charge in [-0.25, -0.2) is 9.67 Å². The molecule has 1 atom stereocenters. The molecule has 0 radical (unpaired) electrons. The number of aromatic nitrogens is 4. The minimum Gasteiger partial charge on any atom is -0.337 e. The van der Waals surface area contributed by atoms with E-state index >= 15 is 0 Å². The van der Waals surface area contributed by atoms with Crippen molar-refractivity contribution >= 4 is 11.7 Å². The van der Waals surface area contributed by atoms with Crippen LogP contribution in [0.25, 0.3) is 16.9 Å². The number of anilines is 1. The van der Waals surface area contributed by atoms with Gasteiger partial charge >= 0.3 is 0 Å². The number of fused-ring (bicyclic) bond motifs is 1. The Morgan fingerprint density at radius 1 is 1.04 bits per heavy atom.